The quantitative estimate of drug-likeness (QED) is 0.819. The Hall–Kier alpha value is -1.88. The van der Waals surface area contributed by atoms with Crippen molar-refractivity contribution in [3.05, 3.63) is 70.7 Å². The number of nitrogens with two attached hydrogens (primary N) is 1. The Labute approximate surface area is 141 Å². The Morgan fingerprint density at radius 1 is 1.13 bits per heavy atom. The van der Waals surface area contributed by atoms with E-state index in [1.54, 1.807) is 24.3 Å². The summed E-state index contributed by atoms with van der Waals surface area (Å²) in [4.78, 5) is 13.3. The van der Waals surface area contributed by atoms with Crippen LogP contribution in [0.2, 0.25) is 5.02 Å². The van der Waals surface area contributed by atoms with Gasteiger partial charge in [0.05, 0.1) is 12.6 Å². The number of aliphatic hydroxyl groups excluding tert-OH is 1. The van der Waals surface area contributed by atoms with E-state index >= 15 is 0 Å². The van der Waals surface area contributed by atoms with Crippen molar-refractivity contribution in [1.82, 2.24) is 4.90 Å². The maximum absolute atomic E-state index is 11.4. The predicted octanol–water partition coefficient (Wildman–Crippen LogP) is 2.92. The van der Waals surface area contributed by atoms with Crippen molar-refractivity contribution < 1.29 is 9.90 Å². The zero-order chi connectivity index (χ0) is 16.8. The lowest BCUT2D eigenvalue weighted by atomic mass is 10.0. The number of hydrogen-bond acceptors (Lipinski definition) is 3. The molecule has 0 spiro atoms. The molecule has 0 radical (unpaired) electrons. The monoisotopic (exact) mass is 332 g/mol. The molecule has 0 heterocycles. The highest BCUT2D eigenvalue weighted by atomic mass is 35.5. The molecule has 0 aliphatic carbocycles. The van der Waals surface area contributed by atoms with Gasteiger partial charge < -0.3 is 10.8 Å². The third kappa shape index (κ3) is 5.06. The van der Waals surface area contributed by atoms with Crippen LogP contribution in [0.4, 0.5) is 0 Å². The second kappa shape index (κ2) is 8.11. The second-order valence-electron chi connectivity index (χ2n) is 5.55. The van der Waals surface area contributed by atoms with Gasteiger partial charge in [-0.05, 0) is 30.2 Å². The van der Waals surface area contributed by atoms with Crippen molar-refractivity contribution >= 4 is 17.5 Å². The van der Waals surface area contributed by atoms with Crippen LogP contribution in [0.5, 0.6) is 0 Å². The summed E-state index contributed by atoms with van der Waals surface area (Å²) in [6, 6.07) is 16.8. The van der Waals surface area contributed by atoms with E-state index in [4.69, 9.17) is 17.3 Å². The van der Waals surface area contributed by atoms with Crippen LogP contribution in [0, 0.1) is 0 Å². The van der Waals surface area contributed by atoms with Crippen LogP contribution in [0.25, 0.3) is 0 Å². The van der Waals surface area contributed by atoms with Gasteiger partial charge in [0.25, 0.3) is 0 Å². The number of primary amides is 1. The molecule has 0 saturated heterocycles. The highest BCUT2D eigenvalue weighted by molar-refractivity contribution is 6.30. The van der Waals surface area contributed by atoms with Gasteiger partial charge in [-0.15, -0.1) is 0 Å². The van der Waals surface area contributed by atoms with Gasteiger partial charge in [-0.2, -0.15) is 0 Å². The number of aliphatic hydroxyl groups is 1. The SMILES string of the molecule is C[C@H](c1ccccc1)N(CC(N)=O)CC(O)c1ccc(Cl)cc1. The first-order valence-electron chi connectivity index (χ1n) is 7.48. The van der Waals surface area contributed by atoms with E-state index in [0.717, 1.165) is 11.1 Å². The minimum atomic E-state index is -0.724. The molecule has 4 nitrogen and oxygen atoms in total. The summed E-state index contributed by atoms with van der Waals surface area (Å²) >= 11 is 5.87. The van der Waals surface area contributed by atoms with E-state index in [2.05, 4.69) is 0 Å². The molecule has 0 bridgehead atoms. The highest BCUT2D eigenvalue weighted by Crippen LogP contribution is 2.24. The molecule has 5 heteroatoms. The lowest BCUT2D eigenvalue weighted by Crippen LogP contribution is -2.38. The highest BCUT2D eigenvalue weighted by Gasteiger charge is 2.21. The minimum absolute atomic E-state index is 0.0364. The van der Waals surface area contributed by atoms with Crippen molar-refractivity contribution in [1.29, 1.82) is 0 Å². The first-order chi connectivity index (χ1) is 11.0. The van der Waals surface area contributed by atoms with Crippen LogP contribution in [0.1, 0.15) is 30.2 Å². The lowest BCUT2D eigenvalue weighted by molar-refractivity contribution is -0.120. The molecule has 0 fully saturated rings. The molecule has 2 rings (SSSR count). The van der Waals surface area contributed by atoms with Crippen molar-refractivity contribution in [2.45, 2.75) is 19.1 Å². The Balaban J connectivity index is 2.14. The maximum Gasteiger partial charge on any atom is 0.231 e. The number of hydrogen-bond donors (Lipinski definition) is 2. The molecule has 1 unspecified atom stereocenters. The molecule has 122 valence electrons. The largest absolute Gasteiger partial charge is 0.387 e. The Kier molecular flexibility index (Phi) is 6.16. The molecule has 0 aromatic heterocycles. The number of nitrogens with zero attached hydrogens (tertiary/aromatic N) is 1. The van der Waals surface area contributed by atoms with E-state index in [0.29, 0.717) is 11.6 Å². The van der Waals surface area contributed by atoms with Crippen LogP contribution in [0.3, 0.4) is 0 Å². The summed E-state index contributed by atoms with van der Waals surface area (Å²) in [5, 5.41) is 11.1. The third-order valence-corrected chi connectivity index (χ3v) is 4.10. The summed E-state index contributed by atoms with van der Waals surface area (Å²) in [6.45, 7) is 2.38. The number of benzene rings is 2. The summed E-state index contributed by atoms with van der Waals surface area (Å²) in [6.07, 6.45) is -0.724. The zero-order valence-electron chi connectivity index (χ0n) is 13.0. The molecule has 2 aromatic rings. The number of halogens is 1. The third-order valence-electron chi connectivity index (χ3n) is 3.85. The van der Waals surface area contributed by atoms with Gasteiger partial charge in [0.2, 0.25) is 5.91 Å². The molecule has 0 aliphatic heterocycles. The second-order valence-corrected chi connectivity index (χ2v) is 5.99. The average Bonchev–Trinajstić information content (AvgIpc) is 2.54. The summed E-state index contributed by atoms with van der Waals surface area (Å²) in [5.74, 6) is -0.420. The van der Waals surface area contributed by atoms with Crippen LogP contribution in [0.15, 0.2) is 54.6 Å². The van der Waals surface area contributed by atoms with Gasteiger partial charge in [-0.3, -0.25) is 9.69 Å². The van der Waals surface area contributed by atoms with Crippen LogP contribution in [-0.2, 0) is 4.79 Å². The minimum Gasteiger partial charge on any atom is -0.387 e. The van der Waals surface area contributed by atoms with Crippen LogP contribution >= 0.6 is 11.6 Å². The van der Waals surface area contributed by atoms with Gasteiger partial charge in [0.15, 0.2) is 0 Å². The van der Waals surface area contributed by atoms with Gasteiger partial charge in [0.1, 0.15) is 0 Å². The van der Waals surface area contributed by atoms with Gasteiger partial charge in [-0.25, -0.2) is 0 Å². The number of rotatable bonds is 7. The Morgan fingerprint density at radius 2 is 1.74 bits per heavy atom. The average molecular weight is 333 g/mol. The Morgan fingerprint density at radius 3 is 2.30 bits per heavy atom. The van der Waals surface area contributed by atoms with Gasteiger partial charge >= 0.3 is 0 Å². The predicted molar refractivity (Wildman–Crippen MR) is 92.0 cm³/mol. The summed E-state index contributed by atoms with van der Waals surface area (Å²) < 4.78 is 0. The fourth-order valence-corrected chi connectivity index (χ4v) is 2.64. The van der Waals surface area contributed by atoms with Crippen molar-refractivity contribution in [2.75, 3.05) is 13.1 Å². The number of carbonyl (C=O) groups is 1. The fourth-order valence-electron chi connectivity index (χ4n) is 2.51. The summed E-state index contributed by atoms with van der Waals surface area (Å²) in [7, 11) is 0. The molecule has 0 aliphatic rings. The van der Waals surface area contributed by atoms with Crippen LogP contribution in [-0.4, -0.2) is 29.0 Å². The lowest BCUT2D eigenvalue weighted by Gasteiger charge is -2.30. The molecule has 3 N–H and O–H groups in total. The number of carbonyl (C=O) groups excluding carboxylic acids is 1. The molecule has 1 amide bonds. The van der Waals surface area contributed by atoms with E-state index < -0.39 is 12.0 Å². The van der Waals surface area contributed by atoms with E-state index in [1.807, 2.05) is 42.2 Å². The van der Waals surface area contributed by atoms with Crippen molar-refractivity contribution in [3.8, 4) is 0 Å². The molecular formula is C18H21ClN2O2. The van der Waals surface area contributed by atoms with Crippen LogP contribution < -0.4 is 5.73 Å². The van der Waals surface area contributed by atoms with E-state index in [1.165, 1.54) is 0 Å². The molecule has 0 saturated carbocycles. The normalized spacial score (nSPS) is 13.7. The first-order valence-corrected chi connectivity index (χ1v) is 7.86. The van der Waals surface area contributed by atoms with Crippen molar-refractivity contribution in [2.24, 2.45) is 5.73 Å². The van der Waals surface area contributed by atoms with Gasteiger partial charge in [0, 0.05) is 17.6 Å². The number of amides is 1. The van der Waals surface area contributed by atoms with E-state index in [-0.39, 0.29) is 12.6 Å². The zero-order valence-corrected chi connectivity index (χ0v) is 13.8. The van der Waals surface area contributed by atoms with Gasteiger partial charge in [-0.1, -0.05) is 54.1 Å². The summed E-state index contributed by atoms with van der Waals surface area (Å²) in [5.41, 5.74) is 7.18. The van der Waals surface area contributed by atoms with Crippen molar-refractivity contribution in [3.63, 3.8) is 0 Å². The molecular weight excluding hydrogens is 312 g/mol. The fraction of sp³-hybridized carbons (Fsp3) is 0.278. The topological polar surface area (TPSA) is 66.6 Å². The maximum atomic E-state index is 11.4. The molecule has 23 heavy (non-hydrogen) atoms. The molecule has 2 aromatic carbocycles. The smallest absolute Gasteiger partial charge is 0.231 e. The standard InChI is InChI=1S/C18H21ClN2O2/c1-13(14-5-3-2-4-6-14)21(12-18(20)23)11-17(22)15-7-9-16(19)10-8-15/h2-10,13,17,22H,11-12H2,1H3,(H2,20,23)/t13-,17?/m1/s1. The molecule has 2 atom stereocenters. The first kappa shape index (κ1) is 17.5. The van der Waals surface area contributed by atoms with E-state index in [9.17, 15) is 9.90 Å². The Bertz CT molecular complexity index is 631.